The van der Waals surface area contributed by atoms with Crippen LogP contribution in [0.4, 0.5) is 0 Å². The van der Waals surface area contributed by atoms with Crippen LogP contribution in [-0.2, 0) is 9.59 Å². The van der Waals surface area contributed by atoms with Gasteiger partial charge in [-0.25, -0.2) is 0 Å². The van der Waals surface area contributed by atoms with Crippen LogP contribution in [0.25, 0.3) is 0 Å². The number of nitrogens with zero attached hydrogens (tertiary/aromatic N) is 1. The Morgan fingerprint density at radius 2 is 1.70 bits per heavy atom. The van der Waals surface area contributed by atoms with E-state index in [1.165, 1.54) is 0 Å². The van der Waals surface area contributed by atoms with Gasteiger partial charge in [0.15, 0.2) is 0 Å². The molecule has 0 saturated heterocycles. The van der Waals surface area contributed by atoms with E-state index >= 15 is 0 Å². The third-order valence-corrected chi connectivity index (χ3v) is 4.99. The maximum absolute atomic E-state index is 13.0. The third-order valence-electron chi connectivity index (χ3n) is 4.99. The number of carbonyl (C=O) groups excluding carboxylic acids is 1. The minimum atomic E-state index is -0.923. The first-order chi connectivity index (χ1) is 9.59. The van der Waals surface area contributed by atoms with E-state index in [2.05, 4.69) is 0 Å². The van der Waals surface area contributed by atoms with E-state index in [4.69, 9.17) is 10.8 Å². The molecule has 5 heteroatoms. The van der Waals surface area contributed by atoms with Gasteiger partial charge in [0.2, 0.25) is 5.91 Å². The number of carbonyl (C=O) groups is 2. The van der Waals surface area contributed by atoms with Crippen LogP contribution < -0.4 is 5.73 Å². The summed E-state index contributed by atoms with van der Waals surface area (Å²) in [4.78, 5) is 25.7. The molecule has 0 aromatic rings. The van der Waals surface area contributed by atoms with Crippen LogP contribution in [0.1, 0.15) is 57.8 Å². The van der Waals surface area contributed by atoms with Crippen LogP contribution in [0.2, 0.25) is 0 Å². The number of carboxylic acid groups (broad SMARTS) is 1. The van der Waals surface area contributed by atoms with E-state index in [1.807, 2.05) is 0 Å². The molecule has 0 aromatic carbocycles. The van der Waals surface area contributed by atoms with Crippen molar-refractivity contribution < 1.29 is 14.7 Å². The number of hydrogen-bond donors (Lipinski definition) is 2. The Morgan fingerprint density at radius 1 is 1.10 bits per heavy atom. The number of nitrogens with two attached hydrogens (primary N) is 1. The Labute approximate surface area is 120 Å². The highest BCUT2D eigenvalue weighted by molar-refractivity contribution is 5.86. The van der Waals surface area contributed by atoms with E-state index in [9.17, 15) is 9.59 Å². The quantitative estimate of drug-likeness (QED) is 0.804. The zero-order valence-corrected chi connectivity index (χ0v) is 12.1. The Morgan fingerprint density at radius 3 is 2.20 bits per heavy atom. The van der Waals surface area contributed by atoms with Gasteiger partial charge in [-0.05, 0) is 25.7 Å². The van der Waals surface area contributed by atoms with Crippen LogP contribution in [0.15, 0.2) is 0 Å². The predicted octanol–water partition coefficient (Wildman–Crippen LogP) is 1.75. The van der Waals surface area contributed by atoms with E-state index < -0.39 is 11.4 Å². The van der Waals surface area contributed by atoms with E-state index in [-0.39, 0.29) is 18.5 Å². The summed E-state index contributed by atoms with van der Waals surface area (Å²) in [6.07, 6.45) is 8.85. The van der Waals surface area contributed by atoms with Crippen molar-refractivity contribution in [1.29, 1.82) is 0 Å². The van der Waals surface area contributed by atoms with Crippen molar-refractivity contribution in [3.8, 4) is 0 Å². The fraction of sp³-hybridized carbons (Fsp3) is 0.867. The number of rotatable bonds is 5. The summed E-state index contributed by atoms with van der Waals surface area (Å²) in [5, 5.41) is 9.12. The molecule has 114 valence electrons. The molecule has 3 N–H and O–H groups in total. The van der Waals surface area contributed by atoms with E-state index in [0.717, 1.165) is 57.8 Å². The fourth-order valence-electron chi connectivity index (χ4n) is 3.77. The minimum absolute atomic E-state index is 0.00556. The summed E-state index contributed by atoms with van der Waals surface area (Å²) < 4.78 is 0. The van der Waals surface area contributed by atoms with Gasteiger partial charge < -0.3 is 15.7 Å². The Balaban J connectivity index is 2.17. The molecule has 2 saturated carbocycles. The summed E-state index contributed by atoms with van der Waals surface area (Å²) in [6.45, 7) is 0.167. The number of amides is 1. The molecule has 0 aromatic heterocycles. The molecular formula is C15H26N2O3. The lowest BCUT2D eigenvalue weighted by atomic mass is 9.72. The van der Waals surface area contributed by atoms with Gasteiger partial charge in [-0.3, -0.25) is 9.59 Å². The molecule has 0 bridgehead atoms. The fourth-order valence-corrected chi connectivity index (χ4v) is 3.77. The van der Waals surface area contributed by atoms with Gasteiger partial charge in [-0.15, -0.1) is 0 Å². The molecule has 2 aliphatic carbocycles. The molecule has 0 spiro atoms. The molecule has 0 atom stereocenters. The standard InChI is InChI=1S/C15H26N2O3/c16-11-15(8-4-1-5-9-15)14(20)17(10-13(18)19)12-6-2-3-7-12/h12H,1-11,16H2,(H,18,19). The minimum Gasteiger partial charge on any atom is -0.480 e. The molecule has 0 heterocycles. The van der Waals surface area contributed by atoms with E-state index in [1.54, 1.807) is 4.90 Å². The number of carboxylic acids is 1. The maximum Gasteiger partial charge on any atom is 0.323 e. The SMILES string of the molecule is NCC1(C(=O)N(CC(=O)O)C2CCCC2)CCCCC1. The Hall–Kier alpha value is -1.10. The lowest BCUT2D eigenvalue weighted by Gasteiger charge is -2.40. The predicted molar refractivity (Wildman–Crippen MR) is 76.2 cm³/mol. The topological polar surface area (TPSA) is 83.6 Å². The lowest BCUT2D eigenvalue weighted by Crippen LogP contribution is -2.53. The van der Waals surface area contributed by atoms with Crippen molar-refractivity contribution >= 4 is 11.9 Å². The smallest absolute Gasteiger partial charge is 0.323 e. The molecule has 2 aliphatic rings. The molecule has 5 nitrogen and oxygen atoms in total. The molecule has 20 heavy (non-hydrogen) atoms. The molecule has 2 fully saturated rings. The van der Waals surface area contributed by atoms with Crippen LogP contribution in [-0.4, -0.2) is 41.0 Å². The van der Waals surface area contributed by atoms with Gasteiger partial charge in [0, 0.05) is 12.6 Å². The summed E-state index contributed by atoms with van der Waals surface area (Å²) in [5.74, 6) is -0.928. The number of hydrogen-bond acceptors (Lipinski definition) is 3. The molecular weight excluding hydrogens is 256 g/mol. The van der Waals surface area contributed by atoms with Gasteiger partial charge >= 0.3 is 5.97 Å². The average Bonchev–Trinajstić information content (AvgIpc) is 2.98. The molecule has 1 amide bonds. The number of aliphatic carboxylic acids is 1. The van der Waals surface area contributed by atoms with Crippen LogP contribution in [0.5, 0.6) is 0 Å². The van der Waals surface area contributed by atoms with Crippen molar-refractivity contribution in [1.82, 2.24) is 4.90 Å². The molecule has 0 radical (unpaired) electrons. The molecule has 2 rings (SSSR count). The zero-order chi connectivity index (χ0) is 14.6. The Kier molecular flexibility index (Phi) is 5.02. The zero-order valence-electron chi connectivity index (χ0n) is 12.1. The average molecular weight is 282 g/mol. The van der Waals surface area contributed by atoms with Crippen molar-refractivity contribution in [2.24, 2.45) is 11.1 Å². The molecule has 0 aliphatic heterocycles. The van der Waals surface area contributed by atoms with Crippen molar-refractivity contribution in [2.75, 3.05) is 13.1 Å². The molecule has 0 unspecified atom stereocenters. The van der Waals surface area contributed by atoms with Gasteiger partial charge in [0.05, 0.1) is 5.41 Å². The monoisotopic (exact) mass is 282 g/mol. The first kappa shape index (κ1) is 15.3. The van der Waals surface area contributed by atoms with Crippen molar-refractivity contribution in [3.05, 3.63) is 0 Å². The van der Waals surface area contributed by atoms with Crippen molar-refractivity contribution in [3.63, 3.8) is 0 Å². The van der Waals surface area contributed by atoms with Crippen LogP contribution >= 0.6 is 0 Å². The van der Waals surface area contributed by atoms with Gasteiger partial charge in [-0.2, -0.15) is 0 Å². The van der Waals surface area contributed by atoms with Crippen LogP contribution in [0, 0.1) is 5.41 Å². The summed E-state index contributed by atoms with van der Waals surface area (Å²) in [7, 11) is 0. The highest BCUT2D eigenvalue weighted by Crippen LogP contribution is 2.38. The second kappa shape index (κ2) is 6.57. The maximum atomic E-state index is 13.0. The van der Waals surface area contributed by atoms with Crippen molar-refractivity contribution in [2.45, 2.75) is 63.8 Å². The highest BCUT2D eigenvalue weighted by Gasteiger charge is 2.43. The largest absolute Gasteiger partial charge is 0.480 e. The van der Waals surface area contributed by atoms with Gasteiger partial charge in [0.1, 0.15) is 6.54 Å². The second-order valence-electron chi connectivity index (χ2n) is 6.31. The first-order valence-corrected chi connectivity index (χ1v) is 7.82. The lowest BCUT2D eigenvalue weighted by molar-refractivity contribution is -0.153. The Bertz CT molecular complexity index is 358. The first-order valence-electron chi connectivity index (χ1n) is 7.82. The normalized spacial score (nSPS) is 22.6. The second-order valence-corrected chi connectivity index (χ2v) is 6.31. The third kappa shape index (κ3) is 3.14. The summed E-state index contributed by atoms with van der Waals surface area (Å²) in [6, 6.07) is 0.101. The summed E-state index contributed by atoms with van der Waals surface area (Å²) >= 11 is 0. The summed E-state index contributed by atoms with van der Waals surface area (Å²) in [5.41, 5.74) is 5.41. The van der Waals surface area contributed by atoms with Crippen LogP contribution in [0.3, 0.4) is 0 Å². The van der Waals surface area contributed by atoms with Gasteiger partial charge in [0.25, 0.3) is 0 Å². The van der Waals surface area contributed by atoms with E-state index in [0.29, 0.717) is 6.54 Å². The highest BCUT2D eigenvalue weighted by atomic mass is 16.4. The van der Waals surface area contributed by atoms with Gasteiger partial charge in [-0.1, -0.05) is 32.1 Å².